The van der Waals surface area contributed by atoms with Gasteiger partial charge in [-0.1, -0.05) is 0 Å². The predicted molar refractivity (Wildman–Crippen MR) is 135 cm³/mol. The Kier molecular flexibility index (Phi) is 7.08. The second-order valence-corrected chi connectivity index (χ2v) is 9.79. The van der Waals surface area contributed by atoms with Gasteiger partial charge >= 0.3 is 6.18 Å². The molecule has 0 unspecified atom stereocenters. The van der Waals surface area contributed by atoms with E-state index in [0.717, 1.165) is 24.6 Å². The molecule has 1 aromatic heterocycles. The fourth-order valence-electron chi connectivity index (χ4n) is 5.19. The van der Waals surface area contributed by atoms with E-state index in [-0.39, 0.29) is 54.5 Å². The molecule has 0 bridgehead atoms. The van der Waals surface area contributed by atoms with Crippen molar-refractivity contribution >= 4 is 17.4 Å². The summed E-state index contributed by atoms with van der Waals surface area (Å²) in [5, 5.41) is 16.7. The van der Waals surface area contributed by atoms with Crippen molar-refractivity contribution in [2.45, 2.75) is 38.4 Å². The number of alkyl halides is 3. The summed E-state index contributed by atoms with van der Waals surface area (Å²) in [5.74, 6) is 0.229. The standard InChI is InChI=1S/C26H31F3N6O3/c1-16(36)34-6-3-22(32-18-4-8-37-9-5-18)20(15-34)25(30)35-7-10-38-24-11-19(17-13-31-33(2)14-17)21(12-23(24)35)26(27,28)29/h11-14,18,30,32H,3-10,15H2,1-2H3. The molecule has 0 radical (unpaired) electrons. The first kappa shape index (κ1) is 26.1. The van der Waals surface area contributed by atoms with Crippen LogP contribution in [0.25, 0.3) is 11.1 Å². The van der Waals surface area contributed by atoms with Crippen molar-refractivity contribution in [2.75, 3.05) is 44.4 Å². The molecule has 2 aromatic rings. The van der Waals surface area contributed by atoms with Gasteiger partial charge in [0.05, 0.1) is 30.5 Å². The Morgan fingerprint density at radius 2 is 1.95 bits per heavy atom. The van der Waals surface area contributed by atoms with Crippen molar-refractivity contribution in [3.05, 3.63) is 41.4 Å². The van der Waals surface area contributed by atoms with E-state index in [0.29, 0.717) is 37.3 Å². The molecule has 2 N–H and O–H groups in total. The molecule has 1 aromatic carbocycles. The van der Waals surface area contributed by atoms with Crippen LogP contribution in [0.1, 0.15) is 31.7 Å². The molecule has 4 heterocycles. The van der Waals surface area contributed by atoms with Crippen LogP contribution in [0.3, 0.4) is 0 Å². The van der Waals surface area contributed by atoms with Crippen LogP contribution in [0.15, 0.2) is 35.8 Å². The molecule has 0 spiro atoms. The van der Waals surface area contributed by atoms with Crippen LogP contribution in [0.2, 0.25) is 0 Å². The first-order valence-corrected chi connectivity index (χ1v) is 12.7. The van der Waals surface area contributed by atoms with Crippen molar-refractivity contribution < 1.29 is 27.4 Å². The summed E-state index contributed by atoms with van der Waals surface area (Å²) in [6.45, 7) is 3.93. The number of benzene rings is 1. The van der Waals surface area contributed by atoms with E-state index >= 15 is 0 Å². The van der Waals surface area contributed by atoms with Gasteiger partial charge in [-0.3, -0.25) is 14.9 Å². The van der Waals surface area contributed by atoms with Gasteiger partial charge in [0.25, 0.3) is 0 Å². The van der Waals surface area contributed by atoms with Crippen LogP contribution in [-0.4, -0.2) is 71.9 Å². The van der Waals surface area contributed by atoms with Gasteiger partial charge in [-0.15, -0.1) is 0 Å². The van der Waals surface area contributed by atoms with E-state index in [2.05, 4.69) is 10.4 Å². The summed E-state index contributed by atoms with van der Waals surface area (Å²) >= 11 is 0. The molecule has 3 aliphatic rings. The van der Waals surface area contributed by atoms with Crippen LogP contribution in [0.5, 0.6) is 5.75 Å². The average molecular weight is 533 g/mol. The second kappa shape index (κ2) is 10.3. The number of halogens is 3. The maximum absolute atomic E-state index is 14.2. The van der Waals surface area contributed by atoms with Gasteiger partial charge in [-0.25, -0.2) is 0 Å². The third-order valence-corrected chi connectivity index (χ3v) is 7.23. The van der Waals surface area contributed by atoms with Crippen LogP contribution >= 0.6 is 0 Å². The summed E-state index contributed by atoms with van der Waals surface area (Å²) < 4.78 is 55.4. The van der Waals surface area contributed by atoms with Crippen LogP contribution < -0.4 is 15.0 Å². The predicted octanol–water partition coefficient (Wildman–Crippen LogP) is 3.56. The molecule has 0 aliphatic carbocycles. The lowest BCUT2D eigenvalue weighted by atomic mass is 9.98. The Morgan fingerprint density at radius 1 is 1.18 bits per heavy atom. The SMILES string of the molecule is CC(=O)N1CCC(NC2CCOCC2)=C(C(=N)N2CCOc3cc(-c4cnn(C)c4)c(C(F)(F)F)cc32)C1. The van der Waals surface area contributed by atoms with E-state index in [1.807, 2.05) is 0 Å². The number of aryl methyl sites for hydroxylation is 1. The summed E-state index contributed by atoms with van der Waals surface area (Å²) in [6, 6.07) is 2.62. The number of amidine groups is 1. The zero-order valence-corrected chi connectivity index (χ0v) is 21.4. The highest BCUT2D eigenvalue weighted by Crippen LogP contribution is 2.45. The molecule has 1 saturated heterocycles. The number of ether oxygens (including phenoxy) is 2. The number of hydrogen-bond acceptors (Lipinski definition) is 6. The van der Waals surface area contributed by atoms with Crippen molar-refractivity contribution in [3.8, 4) is 16.9 Å². The van der Waals surface area contributed by atoms with E-state index in [4.69, 9.17) is 14.9 Å². The Bertz CT molecular complexity index is 1270. The fraction of sp³-hybridized carbons (Fsp3) is 0.500. The molecule has 9 nitrogen and oxygen atoms in total. The van der Waals surface area contributed by atoms with Gasteiger partial charge in [-0.05, 0) is 25.0 Å². The molecule has 204 valence electrons. The molecule has 0 atom stereocenters. The minimum atomic E-state index is -4.63. The smallest absolute Gasteiger partial charge is 0.417 e. The van der Waals surface area contributed by atoms with Gasteiger partial charge in [0.1, 0.15) is 18.2 Å². The van der Waals surface area contributed by atoms with Crippen molar-refractivity contribution in [3.63, 3.8) is 0 Å². The molecule has 1 fully saturated rings. The Morgan fingerprint density at radius 3 is 2.61 bits per heavy atom. The number of hydrogen-bond donors (Lipinski definition) is 2. The molecule has 3 aliphatic heterocycles. The minimum absolute atomic E-state index is 0.0285. The molecular weight excluding hydrogens is 501 g/mol. The number of amides is 1. The number of fused-ring (bicyclic) bond motifs is 1. The highest BCUT2D eigenvalue weighted by atomic mass is 19.4. The molecule has 5 rings (SSSR count). The van der Waals surface area contributed by atoms with Gasteiger partial charge in [0.2, 0.25) is 5.91 Å². The van der Waals surface area contributed by atoms with Crippen LogP contribution in [-0.2, 0) is 22.8 Å². The molecule has 12 heteroatoms. The van der Waals surface area contributed by atoms with Crippen LogP contribution in [0, 0.1) is 5.41 Å². The lowest BCUT2D eigenvalue weighted by molar-refractivity contribution is -0.137. The van der Waals surface area contributed by atoms with E-state index < -0.39 is 11.7 Å². The second-order valence-electron chi connectivity index (χ2n) is 9.79. The average Bonchev–Trinajstić information content (AvgIpc) is 3.33. The quantitative estimate of drug-likeness (QED) is 0.462. The van der Waals surface area contributed by atoms with E-state index in [1.165, 1.54) is 30.1 Å². The molecular formula is C26H31F3N6O3. The Balaban J connectivity index is 1.54. The van der Waals surface area contributed by atoms with E-state index in [1.54, 1.807) is 16.8 Å². The normalized spacial score (nSPS) is 18.8. The zero-order chi connectivity index (χ0) is 27.0. The summed E-state index contributed by atoms with van der Waals surface area (Å²) in [4.78, 5) is 15.4. The monoisotopic (exact) mass is 532 g/mol. The maximum Gasteiger partial charge on any atom is 0.417 e. The third-order valence-electron chi connectivity index (χ3n) is 7.23. The number of carbonyl (C=O) groups excluding carboxylic acids is 1. The fourth-order valence-corrected chi connectivity index (χ4v) is 5.19. The van der Waals surface area contributed by atoms with Crippen molar-refractivity contribution in [1.82, 2.24) is 20.0 Å². The number of aromatic nitrogens is 2. The van der Waals surface area contributed by atoms with Gasteiger partial charge in [0, 0.05) is 74.8 Å². The molecule has 1 amide bonds. The van der Waals surface area contributed by atoms with Crippen molar-refractivity contribution in [1.29, 1.82) is 5.41 Å². The third kappa shape index (κ3) is 5.22. The van der Waals surface area contributed by atoms with Gasteiger partial charge < -0.3 is 24.6 Å². The summed E-state index contributed by atoms with van der Waals surface area (Å²) in [7, 11) is 1.64. The highest BCUT2D eigenvalue weighted by molar-refractivity contribution is 6.10. The van der Waals surface area contributed by atoms with Gasteiger partial charge in [0.15, 0.2) is 0 Å². The Hall–Kier alpha value is -3.54. The first-order valence-electron chi connectivity index (χ1n) is 12.7. The molecule has 0 saturated carbocycles. The van der Waals surface area contributed by atoms with Crippen LogP contribution in [0.4, 0.5) is 18.9 Å². The topological polar surface area (TPSA) is 95.7 Å². The number of nitrogens with one attached hydrogen (secondary N) is 2. The Labute approximate surface area is 218 Å². The molecule has 38 heavy (non-hydrogen) atoms. The summed E-state index contributed by atoms with van der Waals surface area (Å²) in [5.41, 5.74) is 1.12. The minimum Gasteiger partial charge on any atom is -0.490 e. The first-order chi connectivity index (χ1) is 18.1. The van der Waals surface area contributed by atoms with Crippen molar-refractivity contribution in [2.24, 2.45) is 7.05 Å². The highest BCUT2D eigenvalue weighted by Gasteiger charge is 2.38. The number of carbonyl (C=O) groups is 1. The number of anilines is 1. The van der Waals surface area contributed by atoms with Gasteiger partial charge in [-0.2, -0.15) is 18.3 Å². The number of rotatable bonds is 4. The largest absolute Gasteiger partial charge is 0.490 e. The van der Waals surface area contributed by atoms with E-state index in [9.17, 15) is 18.0 Å². The summed E-state index contributed by atoms with van der Waals surface area (Å²) in [6.07, 6.45) is 0.477. The maximum atomic E-state index is 14.2. The lowest BCUT2D eigenvalue weighted by Crippen LogP contribution is -2.47. The lowest BCUT2D eigenvalue weighted by Gasteiger charge is -2.38. The number of nitrogens with zero attached hydrogens (tertiary/aromatic N) is 4. The zero-order valence-electron chi connectivity index (χ0n) is 21.4.